The minimum Gasteiger partial charge on any atom is -0.394 e. The van der Waals surface area contributed by atoms with Crippen molar-refractivity contribution in [2.75, 3.05) is 12.4 Å². The van der Waals surface area contributed by atoms with Gasteiger partial charge in [0.2, 0.25) is 0 Å². The Morgan fingerprint density at radius 1 is 1.16 bits per heavy atom. The molecule has 4 N–H and O–H groups in total. The third-order valence-electron chi connectivity index (χ3n) is 4.62. The van der Waals surface area contributed by atoms with Crippen LogP contribution in [0.4, 0.5) is 5.69 Å². The molecule has 2 aliphatic heterocycles. The summed E-state index contributed by atoms with van der Waals surface area (Å²) in [6, 6.07) is 6.23. The van der Waals surface area contributed by atoms with E-state index in [0.717, 1.165) is 29.1 Å². The van der Waals surface area contributed by atoms with Gasteiger partial charge in [0.05, 0.1) is 18.4 Å². The van der Waals surface area contributed by atoms with Crippen LogP contribution in [0.2, 0.25) is 0 Å². The van der Waals surface area contributed by atoms with Gasteiger partial charge >= 0.3 is 0 Å². The topological polar surface area (TPSA) is 103 Å². The second-order valence-electron chi connectivity index (χ2n) is 6.57. The first-order valence-corrected chi connectivity index (χ1v) is 9.64. The molecule has 0 spiro atoms. The van der Waals surface area contributed by atoms with E-state index in [0.29, 0.717) is 12.8 Å². The molecule has 0 radical (unpaired) electrons. The fraction of sp³-hybridized carbons (Fsp3) is 0.611. The predicted octanol–water partition coefficient (Wildman–Crippen LogP) is 1.05. The summed E-state index contributed by atoms with van der Waals surface area (Å²) in [5.74, 6) is 1.08. The first-order chi connectivity index (χ1) is 12.0. The predicted molar refractivity (Wildman–Crippen MR) is 96.6 cm³/mol. The van der Waals surface area contributed by atoms with Crippen molar-refractivity contribution in [1.82, 2.24) is 0 Å². The second kappa shape index (κ2) is 8.16. The maximum absolute atomic E-state index is 10.2. The summed E-state index contributed by atoms with van der Waals surface area (Å²) in [5, 5.41) is 39.2. The first-order valence-electron chi connectivity index (χ1n) is 8.66. The van der Waals surface area contributed by atoms with Gasteiger partial charge in [0.15, 0.2) is 0 Å². The number of aliphatic hydroxyl groups excluding tert-OH is 4. The van der Waals surface area contributed by atoms with Gasteiger partial charge < -0.3 is 25.2 Å². The molecule has 0 bridgehead atoms. The van der Waals surface area contributed by atoms with Crippen molar-refractivity contribution in [1.29, 1.82) is 0 Å². The van der Waals surface area contributed by atoms with Gasteiger partial charge in [-0.3, -0.25) is 4.99 Å². The van der Waals surface area contributed by atoms with E-state index in [2.05, 4.69) is 24.0 Å². The number of fused-ring (bicyclic) bond motifs is 1. The fourth-order valence-corrected chi connectivity index (χ4v) is 4.08. The Balaban J connectivity index is 1.66. The van der Waals surface area contributed by atoms with E-state index in [9.17, 15) is 20.4 Å². The number of ether oxygens (including phenoxy) is 1. The molecular formula is C18H25NO5S. The van der Waals surface area contributed by atoms with Crippen LogP contribution in [0.1, 0.15) is 25.3 Å². The molecule has 1 fully saturated rings. The molecule has 0 saturated carbocycles. The number of aliphatic imine (C=N–C) groups is 1. The van der Waals surface area contributed by atoms with E-state index in [1.807, 2.05) is 17.8 Å². The van der Waals surface area contributed by atoms with E-state index >= 15 is 0 Å². The van der Waals surface area contributed by atoms with E-state index < -0.39 is 37.1 Å². The summed E-state index contributed by atoms with van der Waals surface area (Å²) in [7, 11) is 0. The molecule has 5 unspecified atom stereocenters. The lowest BCUT2D eigenvalue weighted by molar-refractivity contribution is -0.227. The van der Waals surface area contributed by atoms with Crippen molar-refractivity contribution >= 4 is 23.2 Å². The van der Waals surface area contributed by atoms with Crippen molar-refractivity contribution < 1.29 is 25.2 Å². The number of thioether (sulfide) groups is 1. The van der Waals surface area contributed by atoms with Gasteiger partial charge in [0.1, 0.15) is 24.4 Å². The van der Waals surface area contributed by atoms with Crippen LogP contribution in [0, 0.1) is 0 Å². The Kier molecular flexibility index (Phi) is 6.14. The highest BCUT2D eigenvalue weighted by atomic mass is 32.2. The summed E-state index contributed by atoms with van der Waals surface area (Å²) in [5.41, 5.74) is 2.96. The maximum atomic E-state index is 10.2. The number of rotatable bonds is 6. The minimum atomic E-state index is -1.34. The fourth-order valence-electron chi connectivity index (χ4n) is 3.25. The lowest BCUT2D eigenvalue weighted by Crippen LogP contribution is -2.58. The zero-order chi connectivity index (χ0) is 18.0. The quantitative estimate of drug-likeness (QED) is 0.561. The van der Waals surface area contributed by atoms with Gasteiger partial charge in [-0.15, -0.1) is 11.8 Å². The van der Waals surface area contributed by atoms with Crippen LogP contribution in [0.25, 0.3) is 0 Å². The molecule has 0 aromatic heterocycles. The molecule has 2 aliphatic rings. The Bertz CT molecular complexity index is 636. The van der Waals surface area contributed by atoms with Crippen molar-refractivity contribution in [3.63, 3.8) is 0 Å². The summed E-state index contributed by atoms with van der Waals surface area (Å²) in [4.78, 5) is 5.83. The van der Waals surface area contributed by atoms with E-state index in [-0.39, 0.29) is 0 Å². The van der Waals surface area contributed by atoms with Gasteiger partial charge in [-0.25, -0.2) is 0 Å². The molecule has 3 rings (SSSR count). The van der Waals surface area contributed by atoms with Crippen LogP contribution in [-0.4, -0.2) is 69.0 Å². The summed E-state index contributed by atoms with van der Waals surface area (Å²) in [6.07, 6.45) is -3.27. The summed E-state index contributed by atoms with van der Waals surface area (Å²) >= 11 is 1.82. The number of aliphatic hydroxyl groups is 4. The van der Waals surface area contributed by atoms with Crippen LogP contribution in [-0.2, 0) is 11.2 Å². The smallest absolute Gasteiger partial charge is 0.111 e. The van der Waals surface area contributed by atoms with Gasteiger partial charge in [-0.05, 0) is 35.9 Å². The Morgan fingerprint density at radius 2 is 1.92 bits per heavy atom. The lowest BCUT2D eigenvalue weighted by Gasteiger charge is -2.40. The normalized spacial score (nSPS) is 31.7. The highest BCUT2D eigenvalue weighted by Crippen LogP contribution is 2.33. The van der Waals surface area contributed by atoms with Gasteiger partial charge in [0.25, 0.3) is 0 Å². The SMILES string of the molecule is CCCSc1ccc2c(c1)CC(CC1OC(CO)C(O)C(O)C1O)=N2. The average Bonchev–Trinajstić information content (AvgIpc) is 3.02. The molecule has 2 heterocycles. The molecule has 1 saturated heterocycles. The Labute approximate surface area is 151 Å². The summed E-state index contributed by atoms with van der Waals surface area (Å²) in [6.45, 7) is 1.74. The molecule has 0 amide bonds. The number of hydrogen-bond donors (Lipinski definition) is 4. The first kappa shape index (κ1) is 18.8. The largest absolute Gasteiger partial charge is 0.394 e. The molecular weight excluding hydrogens is 342 g/mol. The summed E-state index contributed by atoms with van der Waals surface area (Å²) < 4.78 is 5.57. The highest BCUT2D eigenvalue weighted by Gasteiger charge is 2.43. The number of hydrogen-bond acceptors (Lipinski definition) is 7. The Hall–Kier alpha value is -0.960. The van der Waals surface area contributed by atoms with Crippen molar-refractivity contribution in [2.24, 2.45) is 4.99 Å². The van der Waals surface area contributed by atoms with Crippen LogP contribution in [0.3, 0.4) is 0 Å². The zero-order valence-electron chi connectivity index (χ0n) is 14.2. The second-order valence-corrected chi connectivity index (χ2v) is 7.73. The third-order valence-corrected chi connectivity index (χ3v) is 5.82. The van der Waals surface area contributed by atoms with Gasteiger partial charge in [-0.1, -0.05) is 6.92 Å². The van der Waals surface area contributed by atoms with Gasteiger partial charge in [-0.2, -0.15) is 0 Å². The maximum Gasteiger partial charge on any atom is 0.111 e. The van der Waals surface area contributed by atoms with Crippen LogP contribution in [0.15, 0.2) is 28.1 Å². The molecule has 7 heteroatoms. The monoisotopic (exact) mass is 367 g/mol. The van der Waals surface area contributed by atoms with E-state index in [1.54, 1.807) is 0 Å². The zero-order valence-corrected chi connectivity index (χ0v) is 15.0. The Morgan fingerprint density at radius 3 is 2.64 bits per heavy atom. The lowest BCUT2D eigenvalue weighted by atomic mass is 9.92. The van der Waals surface area contributed by atoms with Crippen molar-refractivity contribution in [3.05, 3.63) is 23.8 Å². The molecule has 25 heavy (non-hydrogen) atoms. The van der Waals surface area contributed by atoms with Crippen LogP contribution in [0.5, 0.6) is 0 Å². The molecule has 5 atom stereocenters. The van der Waals surface area contributed by atoms with Crippen LogP contribution >= 0.6 is 11.8 Å². The third kappa shape index (κ3) is 4.07. The molecule has 1 aromatic carbocycles. The molecule has 0 aliphatic carbocycles. The average molecular weight is 367 g/mol. The molecule has 138 valence electrons. The van der Waals surface area contributed by atoms with Crippen LogP contribution < -0.4 is 0 Å². The van der Waals surface area contributed by atoms with Gasteiger partial charge in [0, 0.05) is 23.4 Å². The van der Waals surface area contributed by atoms with E-state index in [1.165, 1.54) is 4.90 Å². The molecule has 1 aromatic rings. The highest BCUT2D eigenvalue weighted by molar-refractivity contribution is 7.99. The minimum absolute atomic E-state index is 0.355. The number of benzene rings is 1. The van der Waals surface area contributed by atoms with Crippen molar-refractivity contribution in [3.8, 4) is 0 Å². The standard InChI is InChI=1S/C18H25NO5S/c1-2-5-25-12-3-4-13-10(7-12)6-11(19-13)8-14-16(21)18(23)17(22)15(9-20)24-14/h3-4,7,14-18,20-23H,2,5-6,8-9H2,1H3. The van der Waals surface area contributed by atoms with E-state index in [4.69, 9.17) is 4.74 Å². The van der Waals surface area contributed by atoms with Crippen molar-refractivity contribution in [2.45, 2.75) is 61.6 Å². The molecule has 6 nitrogen and oxygen atoms in total. The number of nitrogens with zero attached hydrogens (tertiary/aromatic N) is 1.